The van der Waals surface area contributed by atoms with Crippen LogP contribution in [0.4, 0.5) is 10.1 Å². The molecular weight excluding hydrogens is 255 g/mol. The summed E-state index contributed by atoms with van der Waals surface area (Å²) in [5.41, 5.74) is 1.95. The number of benzene rings is 1. The molecule has 0 aliphatic rings. The van der Waals surface area contributed by atoms with Gasteiger partial charge >= 0.3 is 0 Å². The molecule has 1 aromatic carbocycles. The molecule has 1 atom stereocenters. The third-order valence-electron chi connectivity index (χ3n) is 3.18. The van der Waals surface area contributed by atoms with Crippen LogP contribution in [0.2, 0.25) is 0 Å². The predicted octanol–water partition coefficient (Wildman–Crippen LogP) is 3.56. The van der Waals surface area contributed by atoms with Crippen LogP contribution in [0.15, 0.2) is 12.1 Å². The maximum absolute atomic E-state index is 13.7. The first-order valence-electron chi connectivity index (χ1n) is 6.96. The second kappa shape index (κ2) is 7.25. The summed E-state index contributed by atoms with van der Waals surface area (Å²) in [5.74, 6) is 0.107. The molecule has 0 bridgehead atoms. The van der Waals surface area contributed by atoms with Crippen LogP contribution in [0.3, 0.4) is 0 Å². The molecular formula is C16H23FN2O. The lowest BCUT2D eigenvalue weighted by Gasteiger charge is -2.29. The van der Waals surface area contributed by atoms with Crippen molar-refractivity contribution in [1.82, 2.24) is 0 Å². The first kappa shape index (κ1) is 16.5. The molecule has 0 amide bonds. The average Bonchev–Trinajstić information content (AvgIpc) is 2.36. The Balaban J connectivity index is 3.22. The number of aliphatic hydroxyl groups excluding tert-OH is 1. The Morgan fingerprint density at radius 1 is 1.35 bits per heavy atom. The second-order valence-electron chi connectivity index (χ2n) is 5.58. The quantitative estimate of drug-likeness (QED) is 0.865. The van der Waals surface area contributed by atoms with Gasteiger partial charge in [-0.15, -0.1) is 0 Å². The Hall–Kier alpha value is -1.60. The van der Waals surface area contributed by atoms with E-state index in [9.17, 15) is 9.50 Å². The maximum Gasteiger partial charge on any atom is 0.126 e. The molecule has 0 aliphatic carbocycles. The number of halogens is 1. The second-order valence-corrected chi connectivity index (χ2v) is 5.58. The third-order valence-corrected chi connectivity index (χ3v) is 3.18. The van der Waals surface area contributed by atoms with Gasteiger partial charge in [-0.2, -0.15) is 5.26 Å². The highest BCUT2D eigenvalue weighted by molar-refractivity contribution is 5.57. The van der Waals surface area contributed by atoms with E-state index in [4.69, 9.17) is 5.26 Å². The average molecular weight is 278 g/mol. The van der Waals surface area contributed by atoms with Gasteiger partial charge < -0.3 is 10.0 Å². The summed E-state index contributed by atoms with van der Waals surface area (Å²) in [5, 5.41) is 18.7. The van der Waals surface area contributed by atoms with E-state index in [-0.39, 0.29) is 5.82 Å². The summed E-state index contributed by atoms with van der Waals surface area (Å²) < 4.78 is 13.7. The highest BCUT2D eigenvalue weighted by Gasteiger charge is 2.17. The zero-order chi connectivity index (χ0) is 15.3. The van der Waals surface area contributed by atoms with Gasteiger partial charge in [0.25, 0.3) is 0 Å². The van der Waals surface area contributed by atoms with Crippen molar-refractivity contribution in [3.05, 3.63) is 29.1 Å². The van der Waals surface area contributed by atoms with Crippen LogP contribution in [0.1, 0.15) is 44.4 Å². The molecule has 110 valence electrons. The first-order chi connectivity index (χ1) is 9.36. The van der Waals surface area contributed by atoms with Crippen molar-refractivity contribution in [3.63, 3.8) is 0 Å². The van der Waals surface area contributed by atoms with E-state index >= 15 is 0 Å². The molecule has 0 spiro atoms. The Bertz CT molecular complexity index is 492. The van der Waals surface area contributed by atoms with E-state index in [0.29, 0.717) is 30.0 Å². The third kappa shape index (κ3) is 4.21. The number of anilines is 1. The largest absolute Gasteiger partial charge is 0.389 e. The zero-order valence-corrected chi connectivity index (χ0v) is 12.7. The normalized spacial score (nSPS) is 12.3. The lowest BCUT2D eigenvalue weighted by atomic mass is 10.0. The maximum atomic E-state index is 13.7. The molecule has 0 aliphatic heterocycles. The Morgan fingerprint density at radius 2 is 2.00 bits per heavy atom. The van der Waals surface area contributed by atoms with E-state index in [1.54, 1.807) is 19.9 Å². The molecule has 3 nitrogen and oxygen atoms in total. The summed E-state index contributed by atoms with van der Waals surface area (Å²) in [7, 11) is 0. The van der Waals surface area contributed by atoms with Crippen LogP contribution in [0, 0.1) is 30.0 Å². The summed E-state index contributed by atoms with van der Waals surface area (Å²) in [6.45, 7) is 8.88. The number of aryl methyl sites for hydroxylation is 1. The number of rotatable bonds is 6. The Kier molecular flexibility index (Phi) is 5.97. The Labute approximate surface area is 120 Å². The van der Waals surface area contributed by atoms with Crippen LogP contribution >= 0.6 is 0 Å². The van der Waals surface area contributed by atoms with Crippen molar-refractivity contribution in [2.24, 2.45) is 5.92 Å². The lowest BCUT2D eigenvalue weighted by molar-refractivity contribution is 0.199. The smallest absolute Gasteiger partial charge is 0.126 e. The van der Waals surface area contributed by atoms with Gasteiger partial charge in [-0.1, -0.05) is 13.8 Å². The topological polar surface area (TPSA) is 47.3 Å². The fourth-order valence-electron chi connectivity index (χ4n) is 2.23. The van der Waals surface area contributed by atoms with Crippen LogP contribution in [0.25, 0.3) is 0 Å². The lowest BCUT2D eigenvalue weighted by Crippen LogP contribution is -2.30. The van der Waals surface area contributed by atoms with Crippen molar-refractivity contribution in [3.8, 4) is 6.07 Å². The standard InChI is InChI=1S/C16H23FN2O/c1-11(2)10-19(7-5-6-18)16-8-12(3)15(17)9-14(16)13(4)20/h8-9,11,13,20H,5,7,10H2,1-4H3/t13-/m0/s1. The van der Waals surface area contributed by atoms with E-state index in [2.05, 4.69) is 24.8 Å². The number of hydrogen-bond donors (Lipinski definition) is 1. The number of nitrogens with zero attached hydrogens (tertiary/aromatic N) is 2. The monoisotopic (exact) mass is 278 g/mol. The molecule has 0 unspecified atom stereocenters. The van der Waals surface area contributed by atoms with E-state index < -0.39 is 6.10 Å². The van der Waals surface area contributed by atoms with E-state index in [0.717, 1.165) is 12.2 Å². The molecule has 0 aromatic heterocycles. The van der Waals surface area contributed by atoms with Gasteiger partial charge in [-0.05, 0) is 37.5 Å². The van der Waals surface area contributed by atoms with Crippen molar-refractivity contribution < 1.29 is 9.50 Å². The zero-order valence-electron chi connectivity index (χ0n) is 12.7. The molecule has 1 aromatic rings. The van der Waals surface area contributed by atoms with Gasteiger partial charge in [0.05, 0.1) is 18.6 Å². The van der Waals surface area contributed by atoms with Crippen LogP contribution in [-0.4, -0.2) is 18.2 Å². The van der Waals surface area contributed by atoms with Gasteiger partial charge in [-0.3, -0.25) is 0 Å². The highest BCUT2D eigenvalue weighted by atomic mass is 19.1. The first-order valence-corrected chi connectivity index (χ1v) is 6.96. The highest BCUT2D eigenvalue weighted by Crippen LogP contribution is 2.30. The SMILES string of the molecule is Cc1cc(N(CCC#N)CC(C)C)c([C@H](C)O)cc1F. The van der Waals surface area contributed by atoms with Gasteiger partial charge in [0.1, 0.15) is 5.82 Å². The van der Waals surface area contributed by atoms with Crippen molar-refractivity contribution in [2.45, 2.75) is 40.2 Å². The fourth-order valence-corrected chi connectivity index (χ4v) is 2.23. The molecule has 0 saturated heterocycles. The van der Waals surface area contributed by atoms with Crippen LogP contribution in [-0.2, 0) is 0 Å². The number of nitriles is 1. The van der Waals surface area contributed by atoms with Crippen LogP contribution in [0.5, 0.6) is 0 Å². The molecule has 0 radical (unpaired) electrons. The molecule has 0 heterocycles. The van der Waals surface area contributed by atoms with Crippen molar-refractivity contribution in [1.29, 1.82) is 5.26 Å². The molecule has 0 saturated carbocycles. The number of aliphatic hydroxyl groups is 1. The summed E-state index contributed by atoms with van der Waals surface area (Å²) in [6, 6.07) is 5.30. The van der Waals surface area contributed by atoms with Gasteiger partial charge in [-0.25, -0.2) is 4.39 Å². The van der Waals surface area contributed by atoms with E-state index in [1.807, 2.05) is 0 Å². The van der Waals surface area contributed by atoms with Gasteiger partial charge in [0, 0.05) is 24.3 Å². The minimum Gasteiger partial charge on any atom is -0.389 e. The molecule has 1 N–H and O–H groups in total. The summed E-state index contributed by atoms with van der Waals surface area (Å²) in [6.07, 6.45) is -0.334. The summed E-state index contributed by atoms with van der Waals surface area (Å²) >= 11 is 0. The van der Waals surface area contributed by atoms with Crippen molar-refractivity contribution in [2.75, 3.05) is 18.0 Å². The van der Waals surface area contributed by atoms with Gasteiger partial charge in [0.15, 0.2) is 0 Å². The minimum atomic E-state index is -0.739. The van der Waals surface area contributed by atoms with Crippen LogP contribution < -0.4 is 4.90 Å². The molecule has 20 heavy (non-hydrogen) atoms. The predicted molar refractivity (Wildman–Crippen MR) is 79.1 cm³/mol. The molecule has 4 heteroatoms. The molecule has 1 rings (SSSR count). The fraction of sp³-hybridized carbons (Fsp3) is 0.562. The minimum absolute atomic E-state index is 0.311. The molecule has 0 fully saturated rings. The number of hydrogen-bond acceptors (Lipinski definition) is 3. The Morgan fingerprint density at radius 3 is 2.50 bits per heavy atom. The van der Waals surface area contributed by atoms with Gasteiger partial charge in [0.2, 0.25) is 0 Å². The summed E-state index contributed by atoms with van der Waals surface area (Å²) in [4.78, 5) is 2.06. The van der Waals surface area contributed by atoms with Crippen molar-refractivity contribution >= 4 is 5.69 Å². The van der Waals surface area contributed by atoms with E-state index in [1.165, 1.54) is 6.07 Å².